The number of aromatic nitrogens is 3. The number of nitrogens with one attached hydrogen (secondary N) is 1. The molecule has 0 bridgehead atoms. The first kappa shape index (κ1) is 16.5. The Hall–Kier alpha value is -1.96. The summed E-state index contributed by atoms with van der Waals surface area (Å²) in [6.45, 7) is 6.09. The van der Waals surface area contributed by atoms with Gasteiger partial charge in [-0.15, -0.1) is 0 Å². The number of ether oxygens (including phenoxy) is 1. The van der Waals surface area contributed by atoms with Gasteiger partial charge in [0.25, 0.3) is 0 Å². The minimum atomic E-state index is -0.0778. The molecule has 2 saturated heterocycles. The number of nitrogen functional groups attached to an aromatic ring is 1. The highest BCUT2D eigenvalue weighted by Gasteiger charge is 2.49. The molecule has 1 aromatic heterocycles. The number of anilines is 2. The van der Waals surface area contributed by atoms with E-state index in [4.69, 9.17) is 10.5 Å². The average Bonchev–Trinajstić information content (AvgIpc) is 3.20. The normalized spacial score (nSPS) is 30.5. The highest BCUT2D eigenvalue weighted by atomic mass is 16.5. The third-order valence-corrected chi connectivity index (χ3v) is 5.81. The molecule has 2 aliphatic heterocycles. The van der Waals surface area contributed by atoms with E-state index in [0.717, 1.165) is 38.9 Å². The van der Waals surface area contributed by atoms with E-state index >= 15 is 0 Å². The molecular formula is C17H26N6O2. The van der Waals surface area contributed by atoms with Crippen molar-refractivity contribution in [3.05, 3.63) is 5.82 Å². The van der Waals surface area contributed by atoms with Crippen molar-refractivity contribution in [2.75, 3.05) is 30.4 Å². The number of nitrogens with two attached hydrogens (primary N) is 1. The van der Waals surface area contributed by atoms with Gasteiger partial charge in [0.15, 0.2) is 0 Å². The average molecular weight is 346 g/mol. The molecule has 3 heterocycles. The van der Waals surface area contributed by atoms with Crippen LogP contribution in [0.2, 0.25) is 0 Å². The van der Waals surface area contributed by atoms with E-state index in [-0.39, 0.29) is 29.4 Å². The molecule has 25 heavy (non-hydrogen) atoms. The van der Waals surface area contributed by atoms with Crippen LogP contribution in [0.3, 0.4) is 0 Å². The number of carbonyl (C=O) groups excluding carboxylic acids is 1. The second kappa shape index (κ2) is 6.09. The van der Waals surface area contributed by atoms with Crippen molar-refractivity contribution < 1.29 is 9.53 Å². The predicted octanol–water partition coefficient (Wildman–Crippen LogP) is 0.662. The number of hydrogen-bond acceptors (Lipinski definition) is 7. The van der Waals surface area contributed by atoms with Gasteiger partial charge in [-0.05, 0) is 38.5 Å². The Kier molecular flexibility index (Phi) is 4.02. The lowest BCUT2D eigenvalue weighted by atomic mass is 9.86. The maximum absolute atomic E-state index is 12.4. The van der Waals surface area contributed by atoms with Crippen LogP contribution >= 0.6 is 0 Å². The highest BCUT2D eigenvalue weighted by molar-refractivity contribution is 5.81. The van der Waals surface area contributed by atoms with E-state index in [1.807, 2.05) is 6.92 Å². The molecule has 8 nitrogen and oxygen atoms in total. The number of rotatable bonds is 3. The molecule has 1 aromatic rings. The number of nitrogens with zero attached hydrogens (tertiary/aromatic N) is 4. The summed E-state index contributed by atoms with van der Waals surface area (Å²) >= 11 is 0. The van der Waals surface area contributed by atoms with Crippen LogP contribution in [0.5, 0.6) is 0 Å². The van der Waals surface area contributed by atoms with Gasteiger partial charge < -0.3 is 20.7 Å². The lowest BCUT2D eigenvalue weighted by molar-refractivity contribution is -0.123. The minimum Gasteiger partial charge on any atom is -0.381 e. The maximum Gasteiger partial charge on any atom is 0.230 e. The van der Waals surface area contributed by atoms with Crippen LogP contribution in [0.15, 0.2) is 0 Å². The standard InChI is InChI=1S/C17H26N6O2/c1-10-7-13(10)14(24)21-12-8-17(3-5-25-6-4-17)23(9-12)16-20-11(2)19-15(18)22-16/h10,12-13H,3-9H2,1-2H3,(H,21,24)(H2,18,19,20,22)/t10-,12?,13-/m0/s1. The molecule has 1 amide bonds. The van der Waals surface area contributed by atoms with E-state index < -0.39 is 0 Å². The first-order valence-corrected chi connectivity index (χ1v) is 9.11. The fourth-order valence-corrected chi connectivity index (χ4v) is 4.27. The van der Waals surface area contributed by atoms with Crippen molar-refractivity contribution >= 4 is 17.8 Å². The van der Waals surface area contributed by atoms with Crippen molar-refractivity contribution in [3.63, 3.8) is 0 Å². The zero-order valence-corrected chi connectivity index (χ0v) is 14.9. The molecule has 1 aliphatic carbocycles. The monoisotopic (exact) mass is 346 g/mol. The Bertz CT molecular complexity index is 655. The van der Waals surface area contributed by atoms with Crippen molar-refractivity contribution in [2.45, 2.75) is 51.1 Å². The predicted molar refractivity (Wildman–Crippen MR) is 92.9 cm³/mol. The summed E-state index contributed by atoms with van der Waals surface area (Å²) in [4.78, 5) is 27.6. The van der Waals surface area contributed by atoms with E-state index in [0.29, 0.717) is 24.2 Å². The summed E-state index contributed by atoms with van der Waals surface area (Å²) in [5, 5.41) is 3.25. The summed E-state index contributed by atoms with van der Waals surface area (Å²) in [6, 6.07) is 0.108. The second-order valence-corrected chi connectivity index (χ2v) is 7.72. The highest BCUT2D eigenvalue weighted by Crippen LogP contribution is 2.41. The van der Waals surface area contributed by atoms with E-state index in [9.17, 15) is 4.79 Å². The van der Waals surface area contributed by atoms with Gasteiger partial charge in [0, 0.05) is 37.3 Å². The van der Waals surface area contributed by atoms with E-state index in [1.54, 1.807) is 0 Å². The third kappa shape index (κ3) is 3.15. The number of hydrogen-bond donors (Lipinski definition) is 2. The van der Waals surface area contributed by atoms with E-state index in [1.165, 1.54) is 0 Å². The number of carbonyl (C=O) groups is 1. The Morgan fingerprint density at radius 1 is 1.32 bits per heavy atom. The first-order chi connectivity index (χ1) is 12.0. The summed E-state index contributed by atoms with van der Waals surface area (Å²) in [6.07, 6.45) is 3.71. The van der Waals surface area contributed by atoms with Crippen molar-refractivity contribution in [3.8, 4) is 0 Å². The van der Waals surface area contributed by atoms with Crippen LogP contribution < -0.4 is 16.0 Å². The Morgan fingerprint density at radius 3 is 2.68 bits per heavy atom. The molecular weight excluding hydrogens is 320 g/mol. The molecule has 0 aromatic carbocycles. The molecule has 8 heteroatoms. The largest absolute Gasteiger partial charge is 0.381 e. The minimum absolute atomic E-state index is 0.0778. The Balaban J connectivity index is 1.57. The molecule has 3 aliphatic rings. The summed E-state index contributed by atoms with van der Waals surface area (Å²) in [5.41, 5.74) is 5.76. The van der Waals surface area contributed by atoms with Gasteiger partial charge in [0.1, 0.15) is 5.82 Å². The molecule has 1 unspecified atom stereocenters. The van der Waals surface area contributed by atoms with Gasteiger partial charge >= 0.3 is 0 Å². The topological polar surface area (TPSA) is 106 Å². The van der Waals surface area contributed by atoms with Crippen LogP contribution in [-0.4, -0.2) is 52.2 Å². The first-order valence-electron chi connectivity index (χ1n) is 9.11. The molecule has 1 spiro atoms. The summed E-state index contributed by atoms with van der Waals surface area (Å²) in [7, 11) is 0. The maximum atomic E-state index is 12.4. The van der Waals surface area contributed by atoms with Crippen molar-refractivity contribution in [2.24, 2.45) is 11.8 Å². The zero-order valence-electron chi connectivity index (χ0n) is 14.9. The third-order valence-electron chi connectivity index (χ3n) is 5.81. The number of aryl methyl sites for hydroxylation is 1. The van der Waals surface area contributed by atoms with Gasteiger partial charge in [0.2, 0.25) is 17.8 Å². The fraction of sp³-hybridized carbons (Fsp3) is 0.765. The Morgan fingerprint density at radius 2 is 2.04 bits per heavy atom. The molecule has 3 atom stereocenters. The number of amides is 1. The Labute approximate surface area is 147 Å². The van der Waals surface area contributed by atoms with Crippen LogP contribution in [0, 0.1) is 18.8 Å². The van der Waals surface area contributed by atoms with Crippen LogP contribution in [0.4, 0.5) is 11.9 Å². The summed E-state index contributed by atoms with van der Waals surface area (Å²) < 4.78 is 5.57. The smallest absolute Gasteiger partial charge is 0.230 e. The lowest BCUT2D eigenvalue weighted by Crippen LogP contribution is -2.49. The molecule has 4 rings (SSSR count). The molecule has 1 saturated carbocycles. The molecule has 0 radical (unpaired) electrons. The van der Waals surface area contributed by atoms with Crippen LogP contribution in [0.25, 0.3) is 0 Å². The second-order valence-electron chi connectivity index (χ2n) is 7.72. The van der Waals surface area contributed by atoms with Crippen molar-refractivity contribution in [1.82, 2.24) is 20.3 Å². The van der Waals surface area contributed by atoms with Crippen LogP contribution in [0.1, 0.15) is 38.4 Å². The van der Waals surface area contributed by atoms with Gasteiger partial charge in [-0.1, -0.05) is 6.92 Å². The quantitative estimate of drug-likeness (QED) is 0.828. The fourth-order valence-electron chi connectivity index (χ4n) is 4.27. The van der Waals surface area contributed by atoms with Gasteiger partial charge in [-0.2, -0.15) is 15.0 Å². The zero-order chi connectivity index (χ0) is 17.6. The molecule has 136 valence electrons. The molecule has 3 N–H and O–H groups in total. The van der Waals surface area contributed by atoms with E-state index in [2.05, 4.69) is 32.1 Å². The summed E-state index contributed by atoms with van der Waals surface area (Å²) in [5.74, 6) is 2.36. The van der Waals surface area contributed by atoms with Gasteiger partial charge in [-0.25, -0.2) is 0 Å². The lowest BCUT2D eigenvalue weighted by Gasteiger charge is -2.41. The van der Waals surface area contributed by atoms with Crippen molar-refractivity contribution in [1.29, 1.82) is 0 Å². The molecule has 3 fully saturated rings. The van der Waals surface area contributed by atoms with Gasteiger partial charge in [0.05, 0.1) is 0 Å². The van der Waals surface area contributed by atoms with Gasteiger partial charge in [-0.3, -0.25) is 4.79 Å². The SMILES string of the molecule is Cc1nc(N)nc(N2CC(NC(=O)[C@H]3C[C@@H]3C)CC23CCOCC3)n1. The van der Waals surface area contributed by atoms with Crippen LogP contribution in [-0.2, 0) is 9.53 Å².